The van der Waals surface area contributed by atoms with Crippen LogP contribution >= 0.6 is 0 Å². The zero-order valence-electron chi connectivity index (χ0n) is 9.16. The molecular formula is C10H10N4O3. The number of esters is 1. The standard InChI is InChI=1S/C10H10N4O3/c1-2-16-9(15)5-8-13-10(14-17-8)7-3-4-11-6-12-7/h3-4,6H,2,5H2,1H3. The van der Waals surface area contributed by atoms with Gasteiger partial charge in [-0.15, -0.1) is 0 Å². The van der Waals surface area contributed by atoms with Crippen LogP contribution in [0.1, 0.15) is 12.8 Å². The predicted molar refractivity (Wildman–Crippen MR) is 55.7 cm³/mol. The summed E-state index contributed by atoms with van der Waals surface area (Å²) in [6.45, 7) is 2.06. The van der Waals surface area contributed by atoms with Gasteiger partial charge in [0.25, 0.3) is 0 Å². The highest BCUT2D eigenvalue weighted by atomic mass is 16.5. The highest BCUT2D eigenvalue weighted by Crippen LogP contribution is 2.11. The summed E-state index contributed by atoms with van der Waals surface area (Å²) in [6, 6.07) is 1.65. The number of carbonyl (C=O) groups excluding carboxylic acids is 1. The molecular weight excluding hydrogens is 224 g/mol. The molecule has 0 fully saturated rings. The Bertz CT molecular complexity index is 497. The van der Waals surface area contributed by atoms with Crippen molar-refractivity contribution in [1.82, 2.24) is 20.1 Å². The second kappa shape index (κ2) is 5.15. The molecule has 0 aliphatic carbocycles. The number of aromatic nitrogens is 4. The first-order valence-corrected chi connectivity index (χ1v) is 5.04. The monoisotopic (exact) mass is 234 g/mol. The zero-order valence-corrected chi connectivity index (χ0v) is 9.16. The van der Waals surface area contributed by atoms with E-state index in [1.54, 1.807) is 19.2 Å². The Morgan fingerprint density at radius 2 is 2.41 bits per heavy atom. The van der Waals surface area contributed by atoms with E-state index in [0.29, 0.717) is 18.1 Å². The molecule has 0 spiro atoms. The molecule has 7 nitrogen and oxygen atoms in total. The molecule has 2 rings (SSSR count). The second-order valence-electron chi connectivity index (χ2n) is 3.09. The Morgan fingerprint density at radius 3 is 3.12 bits per heavy atom. The Morgan fingerprint density at radius 1 is 1.53 bits per heavy atom. The Hall–Kier alpha value is -2.31. The quantitative estimate of drug-likeness (QED) is 0.716. The SMILES string of the molecule is CCOC(=O)Cc1nc(-c2ccncn2)no1. The van der Waals surface area contributed by atoms with Crippen LogP contribution in [0.4, 0.5) is 0 Å². The normalized spacial score (nSPS) is 10.2. The molecule has 7 heteroatoms. The van der Waals surface area contributed by atoms with Crippen molar-refractivity contribution < 1.29 is 14.1 Å². The fourth-order valence-electron chi connectivity index (χ4n) is 1.19. The third kappa shape index (κ3) is 2.83. The summed E-state index contributed by atoms with van der Waals surface area (Å²) in [5.41, 5.74) is 0.541. The van der Waals surface area contributed by atoms with Gasteiger partial charge in [-0.25, -0.2) is 9.97 Å². The lowest BCUT2D eigenvalue weighted by molar-refractivity contribution is -0.142. The third-order valence-electron chi connectivity index (χ3n) is 1.88. The van der Waals surface area contributed by atoms with E-state index in [0.717, 1.165) is 0 Å². The van der Waals surface area contributed by atoms with Crippen LogP contribution in [0.2, 0.25) is 0 Å². The van der Waals surface area contributed by atoms with Gasteiger partial charge in [0, 0.05) is 6.20 Å². The van der Waals surface area contributed by atoms with E-state index >= 15 is 0 Å². The van der Waals surface area contributed by atoms with Crippen molar-refractivity contribution in [3.8, 4) is 11.5 Å². The molecule has 0 saturated heterocycles. The first-order chi connectivity index (χ1) is 8.29. The molecule has 0 saturated carbocycles. The molecule has 2 heterocycles. The fourth-order valence-corrected chi connectivity index (χ4v) is 1.19. The maximum absolute atomic E-state index is 11.2. The molecule has 17 heavy (non-hydrogen) atoms. The van der Waals surface area contributed by atoms with Gasteiger partial charge in [0.05, 0.1) is 6.61 Å². The van der Waals surface area contributed by atoms with Gasteiger partial charge in [0.2, 0.25) is 11.7 Å². The van der Waals surface area contributed by atoms with Crippen molar-refractivity contribution in [2.75, 3.05) is 6.61 Å². The number of hydrogen-bond donors (Lipinski definition) is 0. The second-order valence-corrected chi connectivity index (χ2v) is 3.09. The lowest BCUT2D eigenvalue weighted by atomic mass is 10.4. The minimum absolute atomic E-state index is 0.0358. The van der Waals surface area contributed by atoms with Crippen LogP contribution in [0.15, 0.2) is 23.1 Å². The molecule has 0 amide bonds. The summed E-state index contributed by atoms with van der Waals surface area (Å²) in [5, 5.41) is 3.72. The summed E-state index contributed by atoms with van der Waals surface area (Å²) in [7, 11) is 0. The summed E-state index contributed by atoms with van der Waals surface area (Å²) < 4.78 is 9.68. The molecule has 0 aliphatic rings. The van der Waals surface area contributed by atoms with Crippen LogP contribution in [0.5, 0.6) is 0 Å². The summed E-state index contributed by atoms with van der Waals surface area (Å²) in [4.78, 5) is 23.0. The average molecular weight is 234 g/mol. The minimum Gasteiger partial charge on any atom is -0.466 e. The first-order valence-electron chi connectivity index (χ1n) is 5.04. The van der Waals surface area contributed by atoms with Gasteiger partial charge in [-0.3, -0.25) is 4.79 Å². The highest BCUT2D eigenvalue weighted by molar-refractivity contribution is 5.71. The summed E-state index contributed by atoms with van der Waals surface area (Å²) >= 11 is 0. The smallest absolute Gasteiger partial charge is 0.315 e. The Labute approximate surface area is 96.8 Å². The number of nitrogens with zero attached hydrogens (tertiary/aromatic N) is 4. The van der Waals surface area contributed by atoms with Gasteiger partial charge < -0.3 is 9.26 Å². The number of carbonyl (C=O) groups is 1. The number of hydrogen-bond acceptors (Lipinski definition) is 7. The van der Waals surface area contributed by atoms with Crippen molar-refractivity contribution in [2.45, 2.75) is 13.3 Å². The lowest BCUT2D eigenvalue weighted by Gasteiger charge is -1.96. The van der Waals surface area contributed by atoms with Crippen molar-refractivity contribution in [2.24, 2.45) is 0 Å². The van der Waals surface area contributed by atoms with E-state index in [-0.39, 0.29) is 12.3 Å². The molecule has 2 aromatic heterocycles. The Balaban J connectivity index is 2.09. The van der Waals surface area contributed by atoms with Crippen LogP contribution in [0.3, 0.4) is 0 Å². The van der Waals surface area contributed by atoms with Crippen LogP contribution in [0, 0.1) is 0 Å². The van der Waals surface area contributed by atoms with Crippen LogP contribution in [-0.2, 0) is 16.0 Å². The molecule has 0 aliphatic heterocycles. The molecule has 0 radical (unpaired) electrons. The molecule has 88 valence electrons. The molecule has 0 unspecified atom stereocenters. The Kier molecular flexibility index (Phi) is 3.39. The van der Waals surface area contributed by atoms with Crippen molar-refractivity contribution in [3.05, 3.63) is 24.5 Å². The van der Waals surface area contributed by atoms with Crippen LogP contribution < -0.4 is 0 Å². The van der Waals surface area contributed by atoms with Gasteiger partial charge in [-0.1, -0.05) is 5.16 Å². The number of ether oxygens (including phenoxy) is 1. The van der Waals surface area contributed by atoms with Crippen molar-refractivity contribution in [1.29, 1.82) is 0 Å². The predicted octanol–water partition coefficient (Wildman–Crippen LogP) is 0.632. The van der Waals surface area contributed by atoms with E-state index in [9.17, 15) is 4.79 Å². The lowest BCUT2D eigenvalue weighted by Crippen LogP contribution is -2.07. The molecule has 0 atom stereocenters. The average Bonchev–Trinajstić information content (AvgIpc) is 2.79. The third-order valence-corrected chi connectivity index (χ3v) is 1.88. The van der Waals surface area contributed by atoms with Crippen molar-refractivity contribution >= 4 is 5.97 Å². The van der Waals surface area contributed by atoms with Gasteiger partial charge in [-0.2, -0.15) is 4.98 Å². The first kappa shape index (κ1) is 11.2. The summed E-state index contributed by atoms with van der Waals surface area (Å²) in [6.07, 6.45) is 2.92. The molecule has 0 aromatic carbocycles. The van der Waals surface area contributed by atoms with Gasteiger partial charge in [-0.05, 0) is 13.0 Å². The van der Waals surface area contributed by atoms with E-state index in [4.69, 9.17) is 9.26 Å². The molecule has 2 aromatic rings. The van der Waals surface area contributed by atoms with Crippen LogP contribution in [-0.4, -0.2) is 32.7 Å². The minimum atomic E-state index is -0.398. The number of rotatable bonds is 4. The summed E-state index contributed by atoms with van der Waals surface area (Å²) in [5.74, 6) is 0.133. The van der Waals surface area contributed by atoms with E-state index in [1.807, 2.05) is 0 Å². The maximum atomic E-state index is 11.2. The van der Waals surface area contributed by atoms with Crippen molar-refractivity contribution in [3.63, 3.8) is 0 Å². The van der Waals surface area contributed by atoms with E-state index in [1.165, 1.54) is 6.33 Å². The van der Waals surface area contributed by atoms with E-state index in [2.05, 4.69) is 20.1 Å². The molecule has 0 bridgehead atoms. The zero-order chi connectivity index (χ0) is 12.1. The fraction of sp³-hybridized carbons (Fsp3) is 0.300. The van der Waals surface area contributed by atoms with Gasteiger partial charge in [0.1, 0.15) is 18.4 Å². The van der Waals surface area contributed by atoms with E-state index < -0.39 is 5.97 Å². The van der Waals surface area contributed by atoms with Crippen LogP contribution in [0.25, 0.3) is 11.5 Å². The van der Waals surface area contributed by atoms with Gasteiger partial charge >= 0.3 is 5.97 Å². The maximum Gasteiger partial charge on any atom is 0.315 e. The highest BCUT2D eigenvalue weighted by Gasteiger charge is 2.13. The topological polar surface area (TPSA) is 91.0 Å². The van der Waals surface area contributed by atoms with Gasteiger partial charge in [0.15, 0.2) is 0 Å². The molecule has 0 N–H and O–H groups in total. The largest absolute Gasteiger partial charge is 0.466 e.